The molecule has 0 spiro atoms. The number of phenols is 1. The maximum atomic E-state index is 9.46. The second-order valence-corrected chi connectivity index (χ2v) is 4.28. The molecule has 0 fully saturated rings. The molecule has 0 aliphatic rings. The van der Waals surface area contributed by atoms with E-state index in [1.165, 1.54) is 6.42 Å². The molecular weight excluding hydrogens is 188 g/mol. The number of ether oxygens (including phenoxy) is 1. The molecule has 1 rings (SSSR count). The van der Waals surface area contributed by atoms with Crippen LogP contribution in [0.1, 0.15) is 32.3 Å². The van der Waals surface area contributed by atoms with Gasteiger partial charge in [0.2, 0.25) is 0 Å². The monoisotopic (exact) mass is 208 g/mol. The average molecular weight is 208 g/mol. The fourth-order valence-corrected chi connectivity index (χ4v) is 1.43. The molecule has 0 aromatic heterocycles. The molecule has 0 saturated carbocycles. The minimum atomic E-state index is 0.302. The number of hydrogen-bond acceptors (Lipinski definition) is 2. The Morgan fingerprint density at radius 3 is 2.73 bits per heavy atom. The van der Waals surface area contributed by atoms with Crippen molar-refractivity contribution in [2.45, 2.75) is 33.6 Å². The van der Waals surface area contributed by atoms with Gasteiger partial charge in [-0.05, 0) is 37.8 Å². The molecule has 2 nitrogen and oxygen atoms in total. The number of rotatable bonds is 5. The van der Waals surface area contributed by atoms with Crippen LogP contribution in [0.2, 0.25) is 0 Å². The summed E-state index contributed by atoms with van der Waals surface area (Å²) in [4.78, 5) is 0. The standard InChI is InChI=1S/C13H20O2/c1-10(2)6-5-9-15-13-8-4-7-12(14)11(13)3/h4,7-8,10,14H,5-6,9H2,1-3H3. The lowest BCUT2D eigenvalue weighted by Crippen LogP contribution is -2.00. The van der Waals surface area contributed by atoms with E-state index in [1.54, 1.807) is 12.1 Å². The van der Waals surface area contributed by atoms with E-state index >= 15 is 0 Å². The molecule has 1 N–H and O–H groups in total. The van der Waals surface area contributed by atoms with Gasteiger partial charge in [0.1, 0.15) is 11.5 Å². The molecule has 0 atom stereocenters. The summed E-state index contributed by atoms with van der Waals surface area (Å²) in [5, 5.41) is 9.46. The van der Waals surface area contributed by atoms with Crippen molar-refractivity contribution in [3.63, 3.8) is 0 Å². The van der Waals surface area contributed by atoms with Gasteiger partial charge in [0, 0.05) is 5.56 Å². The molecule has 84 valence electrons. The third-order valence-corrected chi connectivity index (χ3v) is 2.44. The number of aromatic hydroxyl groups is 1. The van der Waals surface area contributed by atoms with Crippen LogP contribution < -0.4 is 4.74 Å². The van der Waals surface area contributed by atoms with Crippen LogP contribution in [-0.2, 0) is 0 Å². The molecule has 0 unspecified atom stereocenters. The maximum Gasteiger partial charge on any atom is 0.125 e. The van der Waals surface area contributed by atoms with E-state index in [0.29, 0.717) is 5.75 Å². The van der Waals surface area contributed by atoms with Crippen LogP contribution >= 0.6 is 0 Å². The molecule has 15 heavy (non-hydrogen) atoms. The number of hydrogen-bond donors (Lipinski definition) is 1. The molecule has 0 aliphatic carbocycles. The van der Waals surface area contributed by atoms with E-state index < -0.39 is 0 Å². The highest BCUT2D eigenvalue weighted by Crippen LogP contribution is 2.26. The van der Waals surface area contributed by atoms with Crippen LogP contribution in [0, 0.1) is 12.8 Å². The quantitative estimate of drug-likeness (QED) is 0.750. The highest BCUT2D eigenvalue weighted by Gasteiger charge is 2.03. The van der Waals surface area contributed by atoms with E-state index in [9.17, 15) is 5.11 Å². The van der Waals surface area contributed by atoms with Crippen molar-refractivity contribution in [1.82, 2.24) is 0 Å². The van der Waals surface area contributed by atoms with Gasteiger partial charge < -0.3 is 9.84 Å². The van der Waals surface area contributed by atoms with Gasteiger partial charge in [-0.2, -0.15) is 0 Å². The van der Waals surface area contributed by atoms with Crippen molar-refractivity contribution in [2.75, 3.05) is 6.61 Å². The number of phenolic OH excluding ortho intramolecular Hbond substituents is 1. The predicted molar refractivity (Wildman–Crippen MR) is 62.4 cm³/mol. The third kappa shape index (κ3) is 3.82. The lowest BCUT2D eigenvalue weighted by atomic mass is 10.1. The molecule has 0 amide bonds. The molecule has 1 aromatic carbocycles. The second kappa shape index (κ2) is 5.64. The van der Waals surface area contributed by atoms with Gasteiger partial charge in [0.05, 0.1) is 6.61 Å². The Morgan fingerprint density at radius 1 is 1.33 bits per heavy atom. The summed E-state index contributed by atoms with van der Waals surface area (Å²) in [6, 6.07) is 5.38. The number of benzene rings is 1. The van der Waals surface area contributed by atoms with Gasteiger partial charge in [-0.1, -0.05) is 19.9 Å². The first-order valence-electron chi connectivity index (χ1n) is 5.52. The van der Waals surface area contributed by atoms with Crippen LogP contribution in [0.15, 0.2) is 18.2 Å². The van der Waals surface area contributed by atoms with Crippen LogP contribution in [-0.4, -0.2) is 11.7 Å². The first-order chi connectivity index (χ1) is 7.11. The van der Waals surface area contributed by atoms with Gasteiger partial charge in [0.25, 0.3) is 0 Å². The minimum Gasteiger partial charge on any atom is -0.508 e. The summed E-state index contributed by atoms with van der Waals surface area (Å²) < 4.78 is 5.61. The molecule has 2 heteroatoms. The van der Waals surface area contributed by atoms with E-state index in [4.69, 9.17) is 4.74 Å². The zero-order valence-electron chi connectivity index (χ0n) is 9.79. The summed E-state index contributed by atoms with van der Waals surface area (Å²) in [7, 11) is 0. The average Bonchev–Trinajstić information content (AvgIpc) is 2.18. The van der Waals surface area contributed by atoms with Gasteiger partial charge >= 0.3 is 0 Å². The van der Waals surface area contributed by atoms with Crippen molar-refractivity contribution in [2.24, 2.45) is 5.92 Å². The van der Waals surface area contributed by atoms with Gasteiger partial charge in [0.15, 0.2) is 0 Å². The zero-order chi connectivity index (χ0) is 11.3. The lowest BCUT2D eigenvalue weighted by Gasteiger charge is -2.10. The topological polar surface area (TPSA) is 29.5 Å². The SMILES string of the molecule is Cc1c(O)cccc1OCCCC(C)C. The Kier molecular flexibility index (Phi) is 4.47. The Labute approximate surface area is 91.9 Å². The van der Waals surface area contributed by atoms with Crippen molar-refractivity contribution in [1.29, 1.82) is 0 Å². The molecule has 0 bridgehead atoms. The Hall–Kier alpha value is -1.18. The molecule has 1 aromatic rings. The van der Waals surface area contributed by atoms with E-state index in [1.807, 2.05) is 13.0 Å². The van der Waals surface area contributed by atoms with Crippen molar-refractivity contribution in [3.05, 3.63) is 23.8 Å². The van der Waals surface area contributed by atoms with Crippen molar-refractivity contribution >= 4 is 0 Å². The second-order valence-electron chi connectivity index (χ2n) is 4.28. The smallest absolute Gasteiger partial charge is 0.125 e. The largest absolute Gasteiger partial charge is 0.508 e. The van der Waals surface area contributed by atoms with Crippen LogP contribution in [0.5, 0.6) is 11.5 Å². The molecular formula is C13H20O2. The van der Waals surface area contributed by atoms with Gasteiger partial charge in [-0.3, -0.25) is 0 Å². The highest BCUT2D eigenvalue weighted by atomic mass is 16.5. The molecule has 0 aliphatic heterocycles. The van der Waals surface area contributed by atoms with Gasteiger partial charge in [-0.15, -0.1) is 0 Å². The van der Waals surface area contributed by atoms with E-state index in [-0.39, 0.29) is 0 Å². The van der Waals surface area contributed by atoms with Crippen LogP contribution in [0.4, 0.5) is 0 Å². The minimum absolute atomic E-state index is 0.302. The molecule has 0 radical (unpaired) electrons. The highest BCUT2D eigenvalue weighted by molar-refractivity contribution is 5.42. The Morgan fingerprint density at radius 2 is 2.07 bits per heavy atom. The Balaban J connectivity index is 2.41. The lowest BCUT2D eigenvalue weighted by molar-refractivity contribution is 0.294. The van der Waals surface area contributed by atoms with E-state index in [0.717, 1.165) is 30.3 Å². The van der Waals surface area contributed by atoms with Crippen LogP contribution in [0.25, 0.3) is 0 Å². The first-order valence-corrected chi connectivity index (χ1v) is 5.52. The zero-order valence-corrected chi connectivity index (χ0v) is 9.79. The summed E-state index contributed by atoms with van der Waals surface area (Å²) >= 11 is 0. The van der Waals surface area contributed by atoms with Crippen LogP contribution in [0.3, 0.4) is 0 Å². The first kappa shape index (κ1) is 11.9. The third-order valence-electron chi connectivity index (χ3n) is 2.44. The maximum absolute atomic E-state index is 9.46. The van der Waals surface area contributed by atoms with Crippen molar-refractivity contribution in [3.8, 4) is 11.5 Å². The normalized spacial score (nSPS) is 10.7. The summed E-state index contributed by atoms with van der Waals surface area (Å²) in [5.41, 5.74) is 0.821. The molecule has 0 saturated heterocycles. The predicted octanol–water partition coefficient (Wildman–Crippen LogP) is 3.52. The van der Waals surface area contributed by atoms with E-state index in [2.05, 4.69) is 13.8 Å². The summed E-state index contributed by atoms with van der Waals surface area (Å²) in [6.45, 7) is 7.01. The fraction of sp³-hybridized carbons (Fsp3) is 0.538. The summed E-state index contributed by atoms with van der Waals surface area (Å²) in [6.07, 6.45) is 2.24. The van der Waals surface area contributed by atoms with Crippen molar-refractivity contribution < 1.29 is 9.84 Å². The fourth-order valence-electron chi connectivity index (χ4n) is 1.43. The van der Waals surface area contributed by atoms with Gasteiger partial charge in [-0.25, -0.2) is 0 Å². The molecule has 0 heterocycles. The Bertz CT molecular complexity index is 305. The summed E-state index contributed by atoms with van der Waals surface area (Å²) in [5.74, 6) is 1.81.